The minimum absolute atomic E-state index is 0.0485. The van der Waals surface area contributed by atoms with Crippen molar-refractivity contribution < 1.29 is 22.8 Å². The molecule has 0 bridgehead atoms. The van der Waals surface area contributed by atoms with Crippen molar-refractivity contribution in [3.63, 3.8) is 0 Å². The number of aromatic nitrogens is 4. The number of rotatable bonds is 2. The fourth-order valence-corrected chi connectivity index (χ4v) is 2.04. The predicted molar refractivity (Wildman–Crippen MR) is 62.7 cm³/mol. The molecule has 1 aliphatic heterocycles. The van der Waals surface area contributed by atoms with Crippen LogP contribution in [0.1, 0.15) is 8.97 Å². The topological polar surface area (TPSA) is 140 Å². The van der Waals surface area contributed by atoms with Crippen molar-refractivity contribution in [3.05, 3.63) is 12.6 Å². The summed E-state index contributed by atoms with van der Waals surface area (Å²) in [6, 6.07) is 0. The highest BCUT2D eigenvalue weighted by Crippen LogP contribution is 2.31. The highest BCUT2D eigenvalue weighted by atomic mass is 16.6. The number of ether oxygens (including phenoxy) is 1. The Morgan fingerprint density at radius 1 is 1.37 bits per heavy atom. The second-order valence-corrected chi connectivity index (χ2v) is 4.19. The number of nitrogens with two attached hydrogens (primary N) is 1. The zero-order chi connectivity index (χ0) is 15.3. The van der Waals surface area contributed by atoms with E-state index in [4.69, 9.17) is 18.3 Å². The van der Waals surface area contributed by atoms with Crippen LogP contribution in [-0.2, 0) is 4.74 Å². The van der Waals surface area contributed by atoms with E-state index in [2.05, 4.69) is 15.0 Å². The van der Waals surface area contributed by atoms with Gasteiger partial charge in [0.25, 0.3) is 0 Å². The fraction of sp³-hybridized carbons (Fsp3) is 0.500. The first-order valence-electron chi connectivity index (χ1n) is 6.55. The van der Waals surface area contributed by atoms with Crippen LogP contribution >= 0.6 is 0 Å². The molecule has 2 aromatic heterocycles. The van der Waals surface area contributed by atoms with Crippen molar-refractivity contribution in [2.75, 3.05) is 12.3 Å². The molecule has 0 saturated carbocycles. The van der Waals surface area contributed by atoms with Crippen molar-refractivity contribution in [1.82, 2.24) is 19.5 Å². The fourth-order valence-electron chi connectivity index (χ4n) is 2.04. The standard InChI is InChI=1S/C10H13N5O4/c11-8-5-9(13-2-12-8)15(3-14-5)10-7(18)6(17)4(1-16)19-10/h2-4,6-7,10,16-18H,1H2,(H2,11,12,13)/t4-,6-,7-,10?/m0/s1/i2D,3D. The minimum atomic E-state index is -1.38. The van der Waals surface area contributed by atoms with E-state index in [1.807, 2.05) is 0 Å². The van der Waals surface area contributed by atoms with E-state index < -0.39 is 31.1 Å². The lowest BCUT2D eigenvalue weighted by atomic mass is 10.1. The molecule has 5 N–H and O–H groups in total. The molecule has 0 spiro atoms. The van der Waals surface area contributed by atoms with Crippen molar-refractivity contribution in [3.8, 4) is 0 Å². The summed E-state index contributed by atoms with van der Waals surface area (Å²) in [4.78, 5) is 11.3. The number of nitrogen functional groups attached to an aromatic ring is 1. The molecular formula is C10H13N5O4. The van der Waals surface area contributed by atoms with Gasteiger partial charge in [-0.1, -0.05) is 0 Å². The highest BCUT2D eigenvalue weighted by Gasteiger charge is 2.43. The van der Waals surface area contributed by atoms with Crippen molar-refractivity contribution in [1.29, 1.82) is 0 Å². The number of hydrogen-bond acceptors (Lipinski definition) is 8. The Morgan fingerprint density at radius 2 is 2.16 bits per heavy atom. The lowest BCUT2D eigenvalue weighted by molar-refractivity contribution is -0.0511. The van der Waals surface area contributed by atoms with Gasteiger partial charge in [0, 0.05) is 0 Å². The lowest BCUT2D eigenvalue weighted by Crippen LogP contribution is -2.33. The number of hydrogen-bond donors (Lipinski definition) is 4. The van der Waals surface area contributed by atoms with Gasteiger partial charge in [-0.3, -0.25) is 4.57 Å². The van der Waals surface area contributed by atoms with Crippen LogP contribution in [-0.4, -0.2) is 59.8 Å². The van der Waals surface area contributed by atoms with E-state index in [9.17, 15) is 10.2 Å². The number of nitrogens with zero attached hydrogens (tertiary/aromatic N) is 4. The van der Waals surface area contributed by atoms with Crippen molar-refractivity contribution in [2.24, 2.45) is 0 Å². The smallest absolute Gasteiger partial charge is 0.167 e. The highest BCUT2D eigenvalue weighted by molar-refractivity contribution is 5.81. The maximum Gasteiger partial charge on any atom is 0.167 e. The number of aliphatic hydroxyl groups excluding tert-OH is 3. The second-order valence-electron chi connectivity index (χ2n) is 4.19. The number of imidazole rings is 1. The molecule has 1 fully saturated rings. The summed E-state index contributed by atoms with van der Waals surface area (Å²) in [5, 5.41) is 28.9. The quantitative estimate of drug-likeness (QED) is 0.491. The first-order valence-corrected chi connectivity index (χ1v) is 5.55. The molecular weight excluding hydrogens is 254 g/mol. The van der Waals surface area contributed by atoms with Gasteiger partial charge in [0.2, 0.25) is 0 Å². The molecule has 1 saturated heterocycles. The van der Waals surface area contributed by atoms with E-state index in [-0.39, 0.29) is 29.6 Å². The Balaban J connectivity index is 2.15. The van der Waals surface area contributed by atoms with Gasteiger partial charge in [-0.15, -0.1) is 0 Å². The minimum Gasteiger partial charge on any atom is -0.394 e. The third-order valence-electron chi connectivity index (χ3n) is 3.05. The van der Waals surface area contributed by atoms with Crippen LogP contribution in [0.5, 0.6) is 0 Å². The van der Waals surface area contributed by atoms with Crippen LogP contribution in [0.15, 0.2) is 12.6 Å². The number of anilines is 1. The predicted octanol–water partition coefficient (Wildman–Crippen LogP) is -1.98. The van der Waals surface area contributed by atoms with E-state index in [1.54, 1.807) is 0 Å². The Morgan fingerprint density at radius 3 is 2.84 bits per heavy atom. The van der Waals surface area contributed by atoms with Gasteiger partial charge >= 0.3 is 0 Å². The molecule has 3 heterocycles. The Bertz CT molecular complexity index is 696. The molecule has 9 nitrogen and oxygen atoms in total. The van der Waals surface area contributed by atoms with Gasteiger partial charge in [-0.05, 0) is 0 Å². The van der Waals surface area contributed by atoms with Crippen molar-refractivity contribution >= 4 is 17.0 Å². The zero-order valence-corrected chi connectivity index (χ0v) is 9.63. The Hall–Kier alpha value is -1.81. The van der Waals surface area contributed by atoms with Crippen LogP contribution < -0.4 is 5.73 Å². The normalized spacial score (nSPS) is 32.6. The van der Waals surface area contributed by atoms with Gasteiger partial charge in [-0.25, -0.2) is 15.0 Å². The first kappa shape index (κ1) is 10.0. The first-order chi connectivity index (χ1) is 9.93. The molecule has 0 aromatic carbocycles. The van der Waals surface area contributed by atoms with E-state index >= 15 is 0 Å². The van der Waals surface area contributed by atoms with Crippen LogP contribution in [0.25, 0.3) is 11.2 Å². The van der Waals surface area contributed by atoms with E-state index in [1.165, 1.54) is 0 Å². The third kappa shape index (κ3) is 1.75. The van der Waals surface area contributed by atoms with E-state index in [0.717, 1.165) is 4.57 Å². The maximum atomic E-state index is 10.0. The summed E-state index contributed by atoms with van der Waals surface area (Å²) >= 11 is 0. The average molecular weight is 269 g/mol. The second kappa shape index (κ2) is 4.38. The van der Waals surface area contributed by atoms with Crippen LogP contribution in [0.4, 0.5) is 5.82 Å². The molecule has 0 aliphatic carbocycles. The van der Waals surface area contributed by atoms with Gasteiger partial charge in [0.05, 0.1) is 12.9 Å². The largest absolute Gasteiger partial charge is 0.394 e. The summed E-state index contributed by atoms with van der Waals surface area (Å²) in [5.41, 5.74) is 5.78. The average Bonchev–Trinajstić information content (AvgIpc) is 2.89. The molecule has 9 heteroatoms. The Kier molecular flexibility index (Phi) is 2.32. The van der Waals surface area contributed by atoms with Gasteiger partial charge in [-0.2, -0.15) is 0 Å². The SMILES string of the molecule is [2H]c1nc(N)c2nc([2H])n(C3O[C@@H](CO)[C@H](O)[C@@H]3O)c2n1. The third-order valence-corrected chi connectivity index (χ3v) is 3.05. The molecule has 4 atom stereocenters. The Labute approximate surface area is 110 Å². The van der Waals surface area contributed by atoms with Crippen LogP contribution in [0, 0.1) is 0 Å². The maximum absolute atomic E-state index is 10.0. The van der Waals surface area contributed by atoms with Crippen molar-refractivity contribution in [2.45, 2.75) is 24.5 Å². The van der Waals surface area contributed by atoms with Gasteiger partial charge in [0.1, 0.15) is 32.9 Å². The van der Waals surface area contributed by atoms with Crippen LogP contribution in [0.2, 0.25) is 0 Å². The molecule has 19 heavy (non-hydrogen) atoms. The number of aliphatic hydroxyl groups is 3. The van der Waals surface area contributed by atoms with Gasteiger partial charge < -0.3 is 25.8 Å². The zero-order valence-electron chi connectivity index (χ0n) is 11.6. The molecule has 102 valence electrons. The summed E-state index contributed by atoms with van der Waals surface area (Å²) in [6.07, 6.45) is -5.53. The van der Waals surface area contributed by atoms with Crippen LogP contribution in [0.3, 0.4) is 0 Å². The molecule has 0 amide bonds. The molecule has 3 rings (SSSR count). The summed E-state index contributed by atoms with van der Waals surface area (Å²) < 4.78 is 21.7. The molecule has 0 radical (unpaired) electrons. The van der Waals surface area contributed by atoms with Gasteiger partial charge in [0.15, 0.2) is 17.7 Å². The monoisotopic (exact) mass is 269 g/mol. The van der Waals surface area contributed by atoms with E-state index in [0.29, 0.717) is 0 Å². The molecule has 1 unspecified atom stereocenters. The summed E-state index contributed by atoms with van der Waals surface area (Å²) in [5.74, 6) is -0.0657. The summed E-state index contributed by atoms with van der Waals surface area (Å²) in [6.45, 7) is -0.491. The molecule has 2 aromatic rings. The lowest BCUT2D eigenvalue weighted by Gasteiger charge is -2.16. The summed E-state index contributed by atoms with van der Waals surface area (Å²) in [7, 11) is 0. The number of fused-ring (bicyclic) bond motifs is 1. The molecule has 1 aliphatic rings.